The SMILES string of the molecule is C[C@@H](NC(=O)c1cc(C(=O)N[C@@H](Cc2ccccc2)[C@@H](O)Cn2cc(COc3ccccc3)nn2)cc(N(C)S(C)(=O)=O)c1)c1ccc(F)cc1. The minimum atomic E-state index is -3.77. The molecule has 0 spiro atoms. The second-order valence-corrected chi connectivity index (χ2v) is 14.1. The molecule has 1 aromatic heterocycles. The van der Waals surface area contributed by atoms with Gasteiger partial charge in [0.2, 0.25) is 10.0 Å². The van der Waals surface area contributed by atoms with Crippen LogP contribution in [0.1, 0.15) is 50.5 Å². The fraction of sp³-hybridized carbons (Fsp3) is 0.243. The molecule has 14 heteroatoms. The lowest BCUT2D eigenvalue weighted by atomic mass is 10.00. The Morgan fingerprint density at radius 3 is 2.16 bits per heavy atom. The second kappa shape index (κ2) is 16.4. The standard InChI is InChI=1S/C37H39FN6O6S/c1-25(27-14-16-30(38)17-15-27)39-36(46)28-19-29(21-32(20-28)43(2)51(3,48)49)37(47)40-34(18-26-10-6-4-7-11-26)35(45)23-44-22-31(41-42-44)24-50-33-12-8-5-9-13-33/h4-17,19-22,25,34-35,45H,18,23-24H2,1-3H3,(H,39,46)(H,40,47)/t25-,34+,35+/m1/s1. The molecule has 4 aromatic carbocycles. The van der Waals surface area contributed by atoms with Gasteiger partial charge in [-0.3, -0.25) is 13.9 Å². The van der Waals surface area contributed by atoms with Gasteiger partial charge in [0.15, 0.2) is 0 Å². The molecule has 0 aliphatic carbocycles. The minimum absolute atomic E-state index is 0.00560. The Morgan fingerprint density at radius 2 is 1.53 bits per heavy atom. The number of aliphatic hydroxyl groups is 1. The predicted molar refractivity (Wildman–Crippen MR) is 190 cm³/mol. The molecule has 5 aromatic rings. The number of nitrogens with one attached hydrogen (secondary N) is 2. The minimum Gasteiger partial charge on any atom is -0.487 e. The quantitative estimate of drug-likeness (QED) is 0.145. The third-order valence-corrected chi connectivity index (χ3v) is 9.40. The van der Waals surface area contributed by atoms with Crippen molar-refractivity contribution >= 4 is 27.5 Å². The maximum Gasteiger partial charge on any atom is 0.251 e. The van der Waals surface area contributed by atoms with Crippen LogP contribution in [0, 0.1) is 5.82 Å². The average molecular weight is 715 g/mol. The van der Waals surface area contributed by atoms with Gasteiger partial charge < -0.3 is 20.5 Å². The second-order valence-electron chi connectivity index (χ2n) is 12.1. The molecule has 0 saturated heterocycles. The zero-order valence-electron chi connectivity index (χ0n) is 28.3. The molecular formula is C37H39FN6O6S. The van der Waals surface area contributed by atoms with Gasteiger partial charge in [-0.25, -0.2) is 17.5 Å². The molecule has 0 radical (unpaired) electrons. The van der Waals surface area contributed by atoms with E-state index < -0.39 is 45.8 Å². The van der Waals surface area contributed by atoms with Gasteiger partial charge >= 0.3 is 0 Å². The molecule has 3 N–H and O–H groups in total. The average Bonchev–Trinajstić information content (AvgIpc) is 3.57. The number of para-hydroxylation sites is 1. The van der Waals surface area contributed by atoms with E-state index in [1.54, 1.807) is 25.3 Å². The van der Waals surface area contributed by atoms with E-state index in [1.807, 2.05) is 60.7 Å². The lowest BCUT2D eigenvalue weighted by Crippen LogP contribution is -2.46. The summed E-state index contributed by atoms with van der Waals surface area (Å²) in [6.07, 6.45) is 1.76. The van der Waals surface area contributed by atoms with Crippen LogP contribution in [-0.2, 0) is 29.6 Å². The predicted octanol–water partition coefficient (Wildman–Crippen LogP) is 4.29. The van der Waals surface area contributed by atoms with Crippen LogP contribution in [-0.4, -0.2) is 65.8 Å². The number of halogens is 1. The number of nitrogens with zero attached hydrogens (tertiary/aromatic N) is 4. The molecule has 0 aliphatic heterocycles. The number of carbonyl (C=O) groups excluding carboxylic acids is 2. The van der Waals surface area contributed by atoms with Gasteiger partial charge in [-0.2, -0.15) is 0 Å². The lowest BCUT2D eigenvalue weighted by molar-refractivity contribution is 0.0778. The molecule has 0 bridgehead atoms. The zero-order valence-corrected chi connectivity index (χ0v) is 29.1. The van der Waals surface area contributed by atoms with Crippen LogP contribution in [0.15, 0.2) is 109 Å². The summed E-state index contributed by atoms with van der Waals surface area (Å²) >= 11 is 0. The molecule has 12 nitrogen and oxygen atoms in total. The van der Waals surface area contributed by atoms with Crippen molar-refractivity contribution in [3.8, 4) is 5.75 Å². The van der Waals surface area contributed by atoms with Gasteiger partial charge in [-0.15, -0.1) is 5.10 Å². The van der Waals surface area contributed by atoms with Gasteiger partial charge in [-0.05, 0) is 66.9 Å². The Labute approximate surface area is 295 Å². The van der Waals surface area contributed by atoms with Gasteiger partial charge in [0.25, 0.3) is 11.8 Å². The van der Waals surface area contributed by atoms with E-state index in [1.165, 1.54) is 42.1 Å². The summed E-state index contributed by atoms with van der Waals surface area (Å²) in [5, 5.41) is 25.4. The Hall–Kier alpha value is -5.60. The highest BCUT2D eigenvalue weighted by Gasteiger charge is 2.26. The van der Waals surface area contributed by atoms with Crippen molar-refractivity contribution in [1.29, 1.82) is 0 Å². The number of amides is 2. The van der Waals surface area contributed by atoms with E-state index in [4.69, 9.17) is 4.74 Å². The van der Waals surface area contributed by atoms with Gasteiger partial charge in [0.1, 0.15) is 23.9 Å². The van der Waals surface area contributed by atoms with Crippen molar-refractivity contribution in [3.63, 3.8) is 0 Å². The smallest absolute Gasteiger partial charge is 0.251 e. The number of aromatic nitrogens is 3. The molecule has 2 amide bonds. The Morgan fingerprint density at radius 1 is 0.922 bits per heavy atom. The number of aliphatic hydroxyl groups excluding tert-OH is 1. The number of hydrogen-bond acceptors (Lipinski definition) is 8. The van der Waals surface area contributed by atoms with E-state index in [2.05, 4.69) is 20.9 Å². The Bertz CT molecular complexity index is 2050. The highest BCUT2D eigenvalue weighted by molar-refractivity contribution is 7.92. The molecule has 51 heavy (non-hydrogen) atoms. The summed E-state index contributed by atoms with van der Waals surface area (Å²) in [4.78, 5) is 27.3. The van der Waals surface area contributed by atoms with E-state index in [0.717, 1.165) is 16.1 Å². The van der Waals surface area contributed by atoms with Crippen LogP contribution in [0.2, 0.25) is 0 Å². The van der Waals surface area contributed by atoms with E-state index in [-0.39, 0.29) is 36.4 Å². The summed E-state index contributed by atoms with van der Waals surface area (Å²) < 4.78 is 46.6. The summed E-state index contributed by atoms with van der Waals surface area (Å²) in [6, 6.07) is 26.9. The molecule has 0 saturated carbocycles. The van der Waals surface area contributed by atoms with Crippen molar-refractivity contribution in [2.45, 2.75) is 44.7 Å². The summed E-state index contributed by atoms with van der Waals surface area (Å²) in [5.41, 5.74) is 2.13. The van der Waals surface area contributed by atoms with Crippen LogP contribution in [0.3, 0.4) is 0 Å². The topological polar surface area (TPSA) is 156 Å². The van der Waals surface area contributed by atoms with Crippen molar-refractivity contribution in [2.24, 2.45) is 0 Å². The summed E-state index contributed by atoms with van der Waals surface area (Å²) in [7, 11) is -2.46. The first kappa shape index (κ1) is 36.7. The monoisotopic (exact) mass is 714 g/mol. The van der Waals surface area contributed by atoms with Crippen molar-refractivity contribution in [3.05, 3.63) is 143 Å². The van der Waals surface area contributed by atoms with Crippen LogP contribution >= 0.6 is 0 Å². The van der Waals surface area contributed by atoms with Crippen molar-refractivity contribution in [2.75, 3.05) is 17.6 Å². The lowest BCUT2D eigenvalue weighted by Gasteiger charge is -2.25. The number of carbonyl (C=O) groups is 2. The molecule has 3 atom stereocenters. The highest BCUT2D eigenvalue weighted by Crippen LogP contribution is 2.23. The van der Waals surface area contributed by atoms with E-state index >= 15 is 0 Å². The normalized spacial score (nSPS) is 13.1. The van der Waals surface area contributed by atoms with E-state index in [0.29, 0.717) is 17.0 Å². The van der Waals surface area contributed by atoms with Gasteiger partial charge in [0, 0.05) is 18.2 Å². The van der Waals surface area contributed by atoms with Crippen LogP contribution < -0.4 is 19.7 Å². The molecule has 0 fully saturated rings. The van der Waals surface area contributed by atoms with Crippen LogP contribution in [0.4, 0.5) is 10.1 Å². The molecule has 1 heterocycles. The maximum atomic E-state index is 13.9. The molecular weight excluding hydrogens is 676 g/mol. The first-order valence-corrected chi connectivity index (χ1v) is 18.0. The van der Waals surface area contributed by atoms with Crippen molar-refractivity contribution in [1.82, 2.24) is 25.6 Å². The van der Waals surface area contributed by atoms with Crippen LogP contribution in [0.25, 0.3) is 0 Å². The fourth-order valence-electron chi connectivity index (χ4n) is 5.25. The zero-order chi connectivity index (χ0) is 36.5. The molecule has 5 rings (SSSR count). The first-order chi connectivity index (χ1) is 24.4. The number of benzene rings is 4. The number of ether oxygens (including phenoxy) is 1. The first-order valence-electron chi connectivity index (χ1n) is 16.1. The number of anilines is 1. The van der Waals surface area contributed by atoms with Crippen LogP contribution in [0.5, 0.6) is 5.75 Å². The summed E-state index contributed by atoms with van der Waals surface area (Å²) in [6.45, 7) is 1.87. The summed E-state index contributed by atoms with van der Waals surface area (Å²) in [5.74, 6) is -0.967. The maximum absolute atomic E-state index is 13.9. The molecule has 0 aliphatic rings. The van der Waals surface area contributed by atoms with E-state index in [9.17, 15) is 27.5 Å². The third-order valence-electron chi connectivity index (χ3n) is 8.19. The van der Waals surface area contributed by atoms with Gasteiger partial charge in [-0.1, -0.05) is 65.9 Å². The third kappa shape index (κ3) is 10.2. The number of rotatable bonds is 15. The largest absolute Gasteiger partial charge is 0.487 e. The Kier molecular flexibility index (Phi) is 11.8. The number of sulfonamides is 1. The molecule has 266 valence electrons. The van der Waals surface area contributed by atoms with Crippen molar-refractivity contribution < 1.29 is 32.2 Å². The number of hydrogen-bond donors (Lipinski definition) is 3. The fourth-order valence-corrected chi connectivity index (χ4v) is 5.74. The Balaban J connectivity index is 1.37. The molecule has 0 unspecified atom stereocenters. The van der Waals surface area contributed by atoms with Gasteiger partial charge in [0.05, 0.1) is 42.9 Å². The highest BCUT2D eigenvalue weighted by atomic mass is 32.2.